The number of rotatable bonds is 4. The Hall–Kier alpha value is -0.560. The first kappa shape index (κ1) is 26.7. The zero-order valence-corrected chi connectivity index (χ0v) is 24.3. The maximum absolute atomic E-state index is 13.5. The molecule has 6 nitrogen and oxygen atoms in total. The molecule has 37 heavy (non-hydrogen) atoms. The monoisotopic (exact) mass is 514 g/mol. The van der Waals surface area contributed by atoms with Crippen molar-refractivity contribution in [2.24, 2.45) is 52.3 Å². The SMILES string of the molecule is CB1O[C@H]([C@@H](C)[C@H]2CCC3C4OC(=O)[C@H]5C[C@@H]6OB(C)O[C@@H]6C[C@]5(C)C4CC[C@@]32C)[C@@H]([C@@H](C)C(C)C)O1. The van der Waals surface area contributed by atoms with Crippen LogP contribution in [0.2, 0.25) is 13.6 Å². The van der Waals surface area contributed by atoms with Crippen LogP contribution in [0.15, 0.2) is 0 Å². The third kappa shape index (κ3) is 4.01. The highest BCUT2D eigenvalue weighted by atomic mass is 16.7. The van der Waals surface area contributed by atoms with Gasteiger partial charge in [-0.2, -0.15) is 0 Å². The highest BCUT2D eigenvalue weighted by Gasteiger charge is 2.66. The Morgan fingerprint density at radius 3 is 2.22 bits per heavy atom. The molecule has 8 heteroatoms. The minimum atomic E-state index is -0.177. The lowest BCUT2D eigenvalue weighted by molar-refractivity contribution is -0.220. The van der Waals surface area contributed by atoms with Crippen LogP contribution in [-0.4, -0.2) is 50.7 Å². The fourth-order valence-corrected chi connectivity index (χ4v) is 10.1. The van der Waals surface area contributed by atoms with Crippen LogP contribution in [0.25, 0.3) is 0 Å². The van der Waals surface area contributed by atoms with Gasteiger partial charge in [-0.3, -0.25) is 4.79 Å². The Labute approximate surface area is 224 Å². The van der Waals surface area contributed by atoms with Gasteiger partial charge in [0.15, 0.2) is 0 Å². The molecule has 0 amide bonds. The van der Waals surface area contributed by atoms with Gasteiger partial charge in [0.05, 0.1) is 30.3 Å². The van der Waals surface area contributed by atoms with Crippen LogP contribution in [-0.2, 0) is 28.1 Å². The molecule has 0 aromatic rings. The molecule has 0 radical (unpaired) electrons. The van der Waals surface area contributed by atoms with Gasteiger partial charge in [0, 0.05) is 11.8 Å². The average Bonchev–Trinajstić information content (AvgIpc) is 3.50. The van der Waals surface area contributed by atoms with Gasteiger partial charge >= 0.3 is 20.2 Å². The number of carbonyl (C=O) groups is 1. The molecule has 13 atom stereocenters. The van der Waals surface area contributed by atoms with Gasteiger partial charge in [0.1, 0.15) is 6.10 Å². The molecule has 3 aliphatic heterocycles. The van der Waals surface area contributed by atoms with E-state index in [4.69, 9.17) is 23.4 Å². The van der Waals surface area contributed by atoms with E-state index >= 15 is 0 Å². The van der Waals surface area contributed by atoms with Crippen LogP contribution in [0.1, 0.15) is 80.1 Å². The molecular formula is C29H48B2O6. The summed E-state index contributed by atoms with van der Waals surface area (Å²) in [5.74, 6) is 2.72. The average molecular weight is 514 g/mol. The number of carbonyl (C=O) groups excluding carboxylic acids is 1. The summed E-state index contributed by atoms with van der Waals surface area (Å²) in [6.07, 6.45) is 6.70. The first-order valence-corrected chi connectivity index (χ1v) is 15.3. The third-order valence-corrected chi connectivity index (χ3v) is 12.5. The number of fused-ring (bicyclic) bond motifs is 6. The van der Waals surface area contributed by atoms with Crippen molar-refractivity contribution in [1.29, 1.82) is 0 Å². The molecule has 6 fully saturated rings. The van der Waals surface area contributed by atoms with Crippen molar-refractivity contribution >= 4 is 20.2 Å². The van der Waals surface area contributed by atoms with Crippen molar-refractivity contribution in [1.82, 2.24) is 0 Å². The second kappa shape index (κ2) is 9.24. The van der Waals surface area contributed by atoms with E-state index in [0.29, 0.717) is 35.5 Å². The smallest absolute Gasteiger partial charge is 0.454 e. The van der Waals surface area contributed by atoms with Gasteiger partial charge in [-0.1, -0.05) is 41.5 Å². The van der Waals surface area contributed by atoms with Crippen LogP contribution in [0, 0.1) is 52.3 Å². The zero-order chi connectivity index (χ0) is 26.4. The summed E-state index contributed by atoms with van der Waals surface area (Å²) in [6, 6.07) is 0. The second-order valence-electron chi connectivity index (χ2n) is 14.5. The van der Waals surface area contributed by atoms with Gasteiger partial charge in [0.25, 0.3) is 0 Å². The topological polar surface area (TPSA) is 63.2 Å². The van der Waals surface area contributed by atoms with Crippen molar-refractivity contribution in [2.75, 3.05) is 0 Å². The van der Waals surface area contributed by atoms with Crippen molar-refractivity contribution in [2.45, 2.75) is 124 Å². The first-order valence-electron chi connectivity index (χ1n) is 15.3. The van der Waals surface area contributed by atoms with E-state index in [2.05, 4.69) is 41.5 Å². The predicted molar refractivity (Wildman–Crippen MR) is 144 cm³/mol. The summed E-state index contributed by atoms with van der Waals surface area (Å²) in [7, 11) is -0.320. The van der Waals surface area contributed by atoms with Crippen LogP contribution in [0.3, 0.4) is 0 Å². The minimum absolute atomic E-state index is 0.0123. The zero-order valence-electron chi connectivity index (χ0n) is 24.3. The quantitative estimate of drug-likeness (QED) is 0.365. The normalized spacial score (nSPS) is 50.8. The second-order valence-corrected chi connectivity index (χ2v) is 14.5. The molecule has 6 aliphatic rings. The molecule has 0 aromatic heterocycles. The fraction of sp³-hybridized carbons (Fsp3) is 0.966. The maximum Gasteiger partial charge on any atom is 0.454 e. The van der Waals surface area contributed by atoms with Gasteiger partial charge < -0.3 is 23.4 Å². The summed E-state index contributed by atoms with van der Waals surface area (Å²) < 4.78 is 31.4. The molecule has 6 rings (SSSR count). The molecule has 0 aromatic carbocycles. The lowest BCUT2D eigenvalue weighted by atomic mass is 9.49. The van der Waals surface area contributed by atoms with Gasteiger partial charge in [-0.15, -0.1) is 0 Å². The lowest BCUT2D eigenvalue weighted by Gasteiger charge is -2.60. The molecule has 206 valence electrons. The highest BCUT2D eigenvalue weighted by molar-refractivity contribution is 6.43. The summed E-state index contributed by atoms with van der Waals surface area (Å²) in [4.78, 5) is 13.5. The molecule has 3 unspecified atom stereocenters. The van der Waals surface area contributed by atoms with Crippen molar-refractivity contribution < 1.29 is 28.1 Å². The fourth-order valence-electron chi connectivity index (χ4n) is 10.1. The number of hydrogen-bond acceptors (Lipinski definition) is 6. The van der Waals surface area contributed by atoms with Crippen molar-refractivity contribution in [3.05, 3.63) is 0 Å². The predicted octanol–water partition coefficient (Wildman–Crippen LogP) is 5.50. The summed E-state index contributed by atoms with van der Waals surface area (Å²) in [6.45, 7) is 18.2. The number of ether oxygens (including phenoxy) is 1. The molecule has 0 spiro atoms. The number of esters is 1. The van der Waals surface area contributed by atoms with E-state index in [1.54, 1.807) is 0 Å². The van der Waals surface area contributed by atoms with E-state index in [-0.39, 0.29) is 67.5 Å². The van der Waals surface area contributed by atoms with Crippen LogP contribution >= 0.6 is 0 Å². The van der Waals surface area contributed by atoms with Gasteiger partial charge in [-0.05, 0) is 86.7 Å². The first-order chi connectivity index (χ1) is 17.4. The highest BCUT2D eigenvalue weighted by Crippen LogP contribution is 2.66. The Kier molecular flexibility index (Phi) is 6.66. The lowest BCUT2D eigenvalue weighted by Crippen LogP contribution is -2.62. The largest absolute Gasteiger partial charge is 0.462 e. The molecular weight excluding hydrogens is 466 g/mol. The maximum atomic E-state index is 13.5. The molecule has 3 saturated carbocycles. The Morgan fingerprint density at radius 1 is 0.838 bits per heavy atom. The van der Waals surface area contributed by atoms with Crippen molar-refractivity contribution in [3.8, 4) is 0 Å². The summed E-state index contributed by atoms with van der Waals surface area (Å²) in [5.41, 5.74) is 0.0821. The van der Waals surface area contributed by atoms with Gasteiger partial charge in [0.2, 0.25) is 0 Å². The molecule has 3 aliphatic carbocycles. The Bertz CT molecular complexity index is 902. The van der Waals surface area contributed by atoms with Crippen LogP contribution < -0.4 is 0 Å². The Morgan fingerprint density at radius 2 is 1.49 bits per heavy atom. The van der Waals surface area contributed by atoms with Crippen LogP contribution in [0.4, 0.5) is 0 Å². The minimum Gasteiger partial charge on any atom is -0.462 e. The van der Waals surface area contributed by atoms with Crippen LogP contribution in [0.5, 0.6) is 0 Å². The Balaban J connectivity index is 1.23. The molecule has 3 heterocycles. The summed E-state index contributed by atoms with van der Waals surface area (Å²) in [5, 5.41) is 0. The van der Waals surface area contributed by atoms with Crippen molar-refractivity contribution in [3.63, 3.8) is 0 Å². The van der Waals surface area contributed by atoms with E-state index in [9.17, 15) is 4.79 Å². The standard InChI is InChI=1S/C29H48B2O6/c1-15(2)16(3)24-25(37-31(8)36-24)17(4)18-9-10-19-26-20(11-12-28(18,19)5)29(6)14-23-22(34-30(7)35-23)13-21(29)27(32)33-26/h15-26H,9-14H2,1-8H3/t16-,17-,18+,19?,20?,21+,22-,23+,24+,25+,26?,28+,29+/m0/s1. The van der Waals surface area contributed by atoms with E-state index in [1.807, 2.05) is 13.6 Å². The van der Waals surface area contributed by atoms with E-state index in [1.165, 1.54) is 12.8 Å². The third-order valence-electron chi connectivity index (χ3n) is 12.5. The molecule has 3 saturated heterocycles. The summed E-state index contributed by atoms with van der Waals surface area (Å²) >= 11 is 0. The number of hydrogen-bond donors (Lipinski definition) is 0. The van der Waals surface area contributed by atoms with E-state index in [0.717, 1.165) is 25.7 Å². The molecule has 0 bridgehead atoms. The molecule has 0 N–H and O–H groups in total. The van der Waals surface area contributed by atoms with E-state index < -0.39 is 0 Å². The van der Waals surface area contributed by atoms with Gasteiger partial charge in [-0.25, -0.2) is 0 Å².